The van der Waals surface area contributed by atoms with Crippen molar-refractivity contribution in [3.8, 4) is 17.0 Å². The Bertz CT molecular complexity index is 942. The van der Waals surface area contributed by atoms with Crippen LogP contribution in [-0.4, -0.2) is 16.6 Å². The SMILES string of the molecule is CCCCCOc1ccc(Nc2nc(-c3ccc(F)nc3)cs2)cc1C(F)(F)F. The van der Waals surface area contributed by atoms with Gasteiger partial charge in [0.1, 0.15) is 5.75 Å². The number of nitrogens with zero attached hydrogens (tertiary/aromatic N) is 2. The molecular formula is C20H19F4N3OS. The molecule has 29 heavy (non-hydrogen) atoms. The third-order valence-corrected chi connectivity index (χ3v) is 4.83. The number of rotatable bonds is 8. The van der Waals surface area contributed by atoms with Gasteiger partial charge in [-0.2, -0.15) is 17.6 Å². The molecule has 0 aliphatic heterocycles. The minimum atomic E-state index is -4.54. The van der Waals surface area contributed by atoms with Crippen LogP contribution in [0.1, 0.15) is 31.7 Å². The maximum Gasteiger partial charge on any atom is 0.420 e. The van der Waals surface area contributed by atoms with Crippen LogP contribution in [0.2, 0.25) is 0 Å². The van der Waals surface area contributed by atoms with Crippen LogP contribution in [0.4, 0.5) is 28.4 Å². The highest BCUT2D eigenvalue weighted by atomic mass is 32.1. The lowest BCUT2D eigenvalue weighted by Crippen LogP contribution is -2.10. The second kappa shape index (κ2) is 9.21. The molecular weight excluding hydrogens is 406 g/mol. The first kappa shape index (κ1) is 21.0. The van der Waals surface area contributed by atoms with E-state index in [0.717, 1.165) is 18.9 Å². The van der Waals surface area contributed by atoms with Crippen LogP contribution in [0.25, 0.3) is 11.3 Å². The normalized spacial score (nSPS) is 11.5. The van der Waals surface area contributed by atoms with Crippen LogP contribution in [0, 0.1) is 5.95 Å². The summed E-state index contributed by atoms with van der Waals surface area (Å²) in [7, 11) is 0. The number of ether oxygens (including phenoxy) is 1. The van der Waals surface area contributed by atoms with E-state index in [1.807, 2.05) is 6.92 Å². The highest BCUT2D eigenvalue weighted by Gasteiger charge is 2.34. The Morgan fingerprint density at radius 2 is 1.97 bits per heavy atom. The summed E-state index contributed by atoms with van der Waals surface area (Å²) in [6.45, 7) is 2.25. The van der Waals surface area contributed by atoms with Crippen LogP contribution in [0.15, 0.2) is 41.9 Å². The molecule has 1 aromatic carbocycles. The van der Waals surface area contributed by atoms with E-state index in [0.29, 0.717) is 22.8 Å². The van der Waals surface area contributed by atoms with Gasteiger partial charge in [-0.05, 0) is 36.8 Å². The Kier molecular flexibility index (Phi) is 6.68. The van der Waals surface area contributed by atoms with E-state index in [2.05, 4.69) is 15.3 Å². The molecule has 4 nitrogen and oxygen atoms in total. The van der Waals surface area contributed by atoms with Crippen molar-refractivity contribution < 1.29 is 22.3 Å². The van der Waals surface area contributed by atoms with Gasteiger partial charge in [-0.3, -0.25) is 0 Å². The van der Waals surface area contributed by atoms with Gasteiger partial charge >= 0.3 is 6.18 Å². The predicted molar refractivity (Wildman–Crippen MR) is 105 cm³/mol. The number of unbranched alkanes of at least 4 members (excludes halogenated alkanes) is 2. The number of hydrogen-bond acceptors (Lipinski definition) is 5. The fourth-order valence-corrected chi connectivity index (χ4v) is 3.34. The van der Waals surface area contributed by atoms with Crippen LogP contribution < -0.4 is 10.1 Å². The minimum absolute atomic E-state index is 0.184. The Morgan fingerprint density at radius 3 is 2.66 bits per heavy atom. The highest BCUT2D eigenvalue weighted by Crippen LogP contribution is 2.39. The van der Waals surface area contributed by atoms with E-state index >= 15 is 0 Å². The summed E-state index contributed by atoms with van der Waals surface area (Å²) in [6, 6.07) is 6.60. The van der Waals surface area contributed by atoms with Gasteiger partial charge in [-0.1, -0.05) is 19.8 Å². The molecule has 0 fully saturated rings. The van der Waals surface area contributed by atoms with Crippen LogP contribution >= 0.6 is 11.3 Å². The van der Waals surface area contributed by atoms with Crippen molar-refractivity contribution in [2.45, 2.75) is 32.4 Å². The highest BCUT2D eigenvalue weighted by molar-refractivity contribution is 7.14. The van der Waals surface area contributed by atoms with Crippen molar-refractivity contribution in [1.29, 1.82) is 0 Å². The average Bonchev–Trinajstić information content (AvgIpc) is 3.14. The summed E-state index contributed by atoms with van der Waals surface area (Å²) in [4.78, 5) is 7.89. The molecule has 0 aliphatic rings. The second-order valence-electron chi connectivity index (χ2n) is 6.30. The van der Waals surface area contributed by atoms with Gasteiger partial charge in [0.15, 0.2) is 5.13 Å². The maximum absolute atomic E-state index is 13.4. The summed E-state index contributed by atoms with van der Waals surface area (Å²) in [5.41, 5.74) is 0.578. The molecule has 0 radical (unpaired) electrons. The number of aromatic nitrogens is 2. The Balaban J connectivity index is 1.76. The van der Waals surface area contributed by atoms with Crippen molar-refractivity contribution in [2.24, 2.45) is 0 Å². The van der Waals surface area contributed by atoms with Crippen molar-refractivity contribution in [1.82, 2.24) is 9.97 Å². The first-order chi connectivity index (χ1) is 13.9. The zero-order chi connectivity index (χ0) is 20.9. The molecule has 1 N–H and O–H groups in total. The van der Waals surface area contributed by atoms with Gasteiger partial charge in [0.05, 0.1) is 17.9 Å². The van der Waals surface area contributed by atoms with Crippen LogP contribution in [-0.2, 0) is 6.18 Å². The minimum Gasteiger partial charge on any atom is -0.493 e. The zero-order valence-corrected chi connectivity index (χ0v) is 16.4. The van der Waals surface area contributed by atoms with E-state index < -0.39 is 17.7 Å². The quantitative estimate of drug-likeness (QED) is 0.249. The Hall–Kier alpha value is -2.68. The molecule has 3 rings (SSSR count). The number of hydrogen-bond donors (Lipinski definition) is 1. The molecule has 154 valence electrons. The monoisotopic (exact) mass is 425 g/mol. The number of thiazole rings is 1. The summed E-state index contributed by atoms with van der Waals surface area (Å²) in [6.07, 6.45) is -0.626. The number of nitrogens with one attached hydrogen (secondary N) is 1. The largest absolute Gasteiger partial charge is 0.493 e. The lowest BCUT2D eigenvalue weighted by Gasteiger charge is -2.15. The van der Waals surface area contributed by atoms with E-state index in [1.54, 1.807) is 5.38 Å². The first-order valence-corrected chi connectivity index (χ1v) is 9.93. The fraction of sp³-hybridized carbons (Fsp3) is 0.300. The number of anilines is 2. The van der Waals surface area contributed by atoms with E-state index in [9.17, 15) is 17.6 Å². The van der Waals surface area contributed by atoms with Gasteiger partial charge in [-0.15, -0.1) is 11.3 Å². The van der Waals surface area contributed by atoms with E-state index in [1.165, 1.54) is 41.8 Å². The number of halogens is 4. The summed E-state index contributed by atoms with van der Waals surface area (Å²) < 4.78 is 58.6. The summed E-state index contributed by atoms with van der Waals surface area (Å²) in [5.74, 6) is -0.782. The topological polar surface area (TPSA) is 47.0 Å². The molecule has 9 heteroatoms. The number of pyridine rings is 1. The Morgan fingerprint density at radius 1 is 1.14 bits per heavy atom. The molecule has 0 atom stereocenters. The third-order valence-electron chi connectivity index (χ3n) is 4.07. The standard InChI is InChI=1S/C20H19F4N3OS/c1-2-3-4-9-28-17-7-6-14(10-15(17)20(22,23)24)26-19-27-16(12-29-19)13-5-8-18(21)25-11-13/h5-8,10-12H,2-4,9H2,1H3,(H,26,27). The van der Waals surface area contributed by atoms with Crippen molar-refractivity contribution in [3.05, 3.63) is 53.4 Å². The lowest BCUT2D eigenvalue weighted by atomic mass is 10.1. The van der Waals surface area contributed by atoms with Crippen molar-refractivity contribution >= 4 is 22.2 Å². The van der Waals surface area contributed by atoms with E-state index in [-0.39, 0.29) is 18.0 Å². The summed E-state index contributed by atoms with van der Waals surface area (Å²) in [5, 5.41) is 5.01. The van der Waals surface area contributed by atoms with Crippen molar-refractivity contribution in [3.63, 3.8) is 0 Å². The van der Waals surface area contributed by atoms with E-state index in [4.69, 9.17) is 4.74 Å². The molecule has 3 aromatic rings. The van der Waals surface area contributed by atoms with Crippen molar-refractivity contribution in [2.75, 3.05) is 11.9 Å². The third kappa shape index (κ3) is 5.66. The second-order valence-corrected chi connectivity index (χ2v) is 7.15. The van der Waals surface area contributed by atoms with Crippen LogP contribution in [0.5, 0.6) is 5.75 Å². The molecule has 0 bridgehead atoms. The van der Waals surface area contributed by atoms with Crippen LogP contribution in [0.3, 0.4) is 0 Å². The van der Waals surface area contributed by atoms with Gasteiger partial charge < -0.3 is 10.1 Å². The average molecular weight is 425 g/mol. The van der Waals surface area contributed by atoms with Gasteiger partial charge in [0.25, 0.3) is 0 Å². The van der Waals surface area contributed by atoms with Gasteiger partial charge in [0.2, 0.25) is 5.95 Å². The lowest BCUT2D eigenvalue weighted by molar-refractivity contribution is -0.138. The molecule has 0 spiro atoms. The van der Waals surface area contributed by atoms with Gasteiger partial charge in [0, 0.05) is 22.8 Å². The fourth-order valence-electron chi connectivity index (χ4n) is 2.60. The number of benzene rings is 1. The molecule has 2 aromatic heterocycles. The Labute approximate surface area is 169 Å². The molecule has 0 aliphatic carbocycles. The molecule has 0 saturated carbocycles. The predicted octanol–water partition coefficient (Wildman–Crippen LogP) is 6.68. The first-order valence-electron chi connectivity index (χ1n) is 9.05. The maximum atomic E-state index is 13.4. The molecule has 0 saturated heterocycles. The molecule has 2 heterocycles. The molecule has 0 amide bonds. The van der Waals surface area contributed by atoms with Gasteiger partial charge in [-0.25, -0.2) is 9.97 Å². The number of alkyl halides is 3. The summed E-state index contributed by atoms with van der Waals surface area (Å²) >= 11 is 1.22. The zero-order valence-electron chi connectivity index (χ0n) is 15.6. The smallest absolute Gasteiger partial charge is 0.420 e. The molecule has 0 unspecified atom stereocenters.